The molecule has 2 aromatic carbocycles. The number of rotatable bonds is 0. The van der Waals surface area contributed by atoms with Crippen LogP contribution in [0.5, 0.6) is 11.5 Å². The topological polar surface area (TPSA) is 40.5 Å². The molecule has 2 nitrogen and oxygen atoms in total. The third kappa shape index (κ3) is 1.27. The van der Waals surface area contributed by atoms with Crippen LogP contribution < -0.4 is 0 Å². The molecule has 78 valence electrons. The van der Waals surface area contributed by atoms with Crippen molar-refractivity contribution < 1.29 is 23.4 Å². The summed E-state index contributed by atoms with van der Waals surface area (Å²) in [6.07, 6.45) is 0. The molecule has 0 fully saturated rings. The van der Waals surface area contributed by atoms with Crippen LogP contribution in [0.2, 0.25) is 0 Å². The fourth-order valence-corrected chi connectivity index (χ4v) is 1.34. The summed E-state index contributed by atoms with van der Waals surface area (Å²) in [6, 6.07) is 2.61. The van der Waals surface area contributed by atoms with E-state index in [1.54, 1.807) is 0 Å². The lowest BCUT2D eigenvalue weighted by molar-refractivity contribution is 0.399. The van der Waals surface area contributed by atoms with Gasteiger partial charge in [0.05, 0.1) is 0 Å². The van der Waals surface area contributed by atoms with Crippen molar-refractivity contribution in [2.75, 3.05) is 0 Å². The molecule has 0 radical (unpaired) electrons. The summed E-state index contributed by atoms with van der Waals surface area (Å²) in [7, 11) is 0. The summed E-state index contributed by atoms with van der Waals surface area (Å²) in [5.74, 6) is -5.50. The van der Waals surface area contributed by atoms with Crippen molar-refractivity contribution >= 4 is 10.8 Å². The van der Waals surface area contributed by atoms with Crippen LogP contribution in [0.15, 0.2) is 18.2 Å². The number of hydrogen-bond acceptors (Lipinski definition) is 2. The normalized spacial score (nSPS) is 10.9. The van der Waals surface area contributed by atoms with Gasteiger partial charge in [0.1, 0.15) is 0 Å². The summed E-state index contributed by atoms with van der Waals surface area (Å²) in [6.45, 7) is 0. The Kier molecular flexibility index (Phi) is 1.96. The van der Waals surface area contributed by atoms with Crippen LogP contribution >= 0.6 is 0 Å². The highest BCUT2D eigenvalue weighted by molar-refractivity contribution is 5.86. The molecule has 0 aliphatic carbocycles. The van der Waals surface area contributed by atoms with E-state index in [2.05, 4.69) is 0 Å². The second-order valence-electron chi connectivity index (χ2n) is 3.01. The van der Waals surface area contributed by atoms with Crippen LogP contribution in [-0.2, 0) is 0 Å². The summed E-state index contributed by atoms with van der Waals surface area (Å²) >= 11 is 0. The van der Waals surface area contributed by atoms with Gasteiger partial charge in [-0.25, -0.2) is 13.2 Å². The molecule has 15 heavy (non-hydrogen) atoms. The van der Waals surface area contributed by atoms with E-state index in [9.17, 15) is 13.2 Å². The predicted molar refractivity (Wildman–Crippen MR) is 47.2 cm³/mol. The standard InChI is InChI=1S/C10H5F3O2/c11-6-3-5-4(9(13)10(6)15)1-2-7(14)8(5)12/h1-3,14-15H. The fourth-order valence-electron chi connectivity index (χ4n) is 1.34. The van der Waals surface area contributed by atoms with E-state index in [0.29, 0.717) is 6.07 Å². The molecule has 0 amide bonds. The van der Waals surface area contributed by atoms with Gasteiger partial charge in [-0.3, -0.25) is 0 Å². The first kappa shape index (κ1) is 9.64. The van der Waals surface area contributed by atoms with Gasteiger partial charge in [0, 0.05) is 10.8 Å². The molecule has 0 unspecified atom stereocenters. The number of phenols is 2. The minimum Gasteiger partial charge on any atom is -0.505 e. The molecule has 0 aliphatic heterocycles. The van der Waals surface area contributed by atoms with E-state index in [1.165, 1.54) is 0 Å². The van der Waals surface area contributed by atoms with Crippen molar-refractivity contribution in [3.63, 3.8) is 0 Å². The Morgan fingerprint density at radius 3 is 2.20 bits per heavy atom. The maximum absolute atomic E-state index is 13.2. The lowest BCUT2D eigenvalue weighted by Crippen LogP contribution is -1.89. The second kappa shape index (κ2) is 3.05. The molecule has 0 aromatic heterocycles. The third-order valence-corrected chi connectivity index (χ3v) is 2.10. The SMILES string of the molecule is Oc1ccc2c(F)c(O)c(F)cc2c1F. The van der Waals surface area contributed by atoms with Gasteiger partial charge in [-0.05, 0) is 18.2 Å². The van der Waals surface area contributed by atoms with Crippen molar-refractivity contribution in [1.29, 1.82) is 0 Å². The van der Waals surface area contributed by atoms with Crippen LogP contribution in [0.1, 0.15) is 0 Å². The quantitative estimate of drug-likeness (QED) is 0.707. The van der Waals surface area contributed by atoms with Gasteiger partial charge in [0.25, 0.3) is 0 Å². The Balaban J connectivity index is 2.98. The van der Waals surface area contributed by atoms with Gasteiger partial charge in [-0.2, -0.15) is 0 Å². The van der Waals surface area contributed by atoms with E-state index in [0.717, 1.165) is 12.1 Å². The van der Waals surface area contributed by atoms with Crippen molar-refractivity contribution in [1.82, 2.24) is 0 Å². The maximum atomic E-state index is 13.2. The lowest BCUT2D eigenvalue weighted by Gasteiger charge is -2.05. The van der Waals surface area contributed by atoms with Gasteiger partial charge >= 0.3 is 0 Å². The van der Waals surface area contributed by atoms with E-state index in [4.69, 9.17) is 10.2 Å². The largest absolute Gasteiger partial charge is 0.505 e. The highest BCUT2D eigenvalue weighted by Gasteiger charge is 2.16. The molecule has 2 aromatic rings. The fraction of sp³-hybridized carbons (Fsp3) is 0. The Morgan fingerprint density at radius 2 is 1.53 bits per heavy atom. The Hall–Kier alpha value is -1.91. The summed E-state index contributed by atoms with van der Waals surface area (Å²) in [5.41, 5.74) is 0. The Bertz CT molecular complexity index is 552. The Morgan fingerprint density at radius 1 is 0.867 bits per heavy atom. The van der Waals surface area contributed by atoms with Gasteiger partial charge in [-0.15, -0.1) is 0 Å². The van der Waals surface area contributed by atoms with Crippen LogP contribution in [0.4, 0.5) is 13.2 Å². The highest BCUT2D eigenvalue weighted by atomic mass is 19.1. The van der Waals surface area contributed by atoms with Crippen LogP contribution in [0, 0.1) is 17.5 Å². The molecule has 0 bridgehead atoms. The number of phenolic OH excluding ortho intramolecular Hbond substituents is 2. The number of halogens is 3. The Labute approximate surface area is 82.2 Å². The molecule has 0 spiro atoms. The van der Waals surface area contributed by atoms with Gasteiger partial charge in [0.15, 0.2) is 29.0 Å². The molecular formula is C10H5F3O2. The first-order valence-corrected chi connectivity index (χ1v) is 4.00. The molecule has 0 saturated carbocycles. The van der Waals surface area contributed by atoms with Crippen molar-refractivity contribution in [2.24, 2.45) is 0 Å². The molecule has 0 saturated heterocycles. The van der Waals surface area contributed by atoms with Crippen LogP contribution in [-0.4, -0.2) is 10.2 Å². The summed E-state index contributed by atoms with van der Waals surface area (Å²) < 4.78 is 39.3. The van der Waals surface area contributed by atoms with Crippen molar-refractivity contribution in [3.05, 3.63) is 35.7 Å². The van der Waals surface area contributed by atoms with Gasteiger partial charge in [-0.1, -0.05) is 0 Å². The van der Waals surface area contributed by atoms with E-state index in [-0.39, 0.29) is 5.39 Å². The molecule has 2 rings (SSSR count). The molecule has 2 N–H and O–H groups in total. The lowest BCUT2D eigenvalue weighted by atomic mass is 10.1. The zero-order valence-corrected chi connectivity index (χ0v) is 7.26. The summed E-state index contributed by atoms with van der Waals surface area (Å²) in [4.78, 5) is 0. The monoisotopic (exact) mass is 214 g/mol. The molecule has 0 heterocycles. The molecular weight excluding hydrogens is 209 g/mol. The summed E-state index contributed by atoms with van der Waals surface area (Å²) in [5, 5.41) is 17.2. The minimum atomic E-state index is -1.27. The van der Waals surface area contributed by atoms with E-state index in [1.807, 2.05) is 0 Å². The van der Waals surface area contributed by atoms with Gasteiger partial charge in [0.2, 0.25) is 0 Å². The van der Waals surface area contributed by atoms with Crippen LogP contribution in [0.25, 0.3) is 10.8 Å². The van der Waals surface area contributed by atoms with E-state index >= 15 is 0 Å². The molecule has 0 atom stereocenters. The van der Waals surface area contributed by atoms with Crippen LogP contribution in [0.3, 0.4) is 0 Å². The van der Waals surface area contributed by atoms with Crippen molar-refractivity contribution in [3.8, 4) is 11.5 Å². The maximum Gasteiger partial charge on any atom is 0.188 e. The average Bonchev–Trinajstić information content (AvgIpc) is 2.21. The smallest absolute Gasteiger partial charge is 0.188 e. The van der Waals surface area contributed by atoms with Gasteiger partial charge < -0.3 is 10.2 Å². The number of benzene rings is 2. The first-order valence-electron chi connectivity index (χ1n) is 4.00. The first-order chi connectivity index (χ1) is 7.02. The van der Waals surface area contributed by atoms with E-state index < -0.39 is 34.3 Å². The second-order valence-corrected chi connectivity index (χ2v) is 3.01. The number of aromatic hydroxyl groups is 2. The third-order valence-electron chi connectivity index (χ3n) is 2.10. The molecule has 0 aliphatic rings. The molecule has 5 heteroatoms. The highest BCUT2D eigenvalue weighted by Crippen LogP contribution is 2.32. The van der Waals surface area contributed by atoms with Crippen molar-refractivity contribution in [2.45, 2.75) is 0 Å². The number of fused-ring (bicyclic) bond motifs is 1. The number of hydrogen-bond donors (Lipinski definition) is 2. The zero-order valence-electron chi connectivity index (χ0n) is 7.26. The minimum absolute atomic E-state index is 0.288. The zero-order chi connectivity index (χ0) is 11.2. The average molecular weight is 214 g/mol. The predicted octanol–water partition coefficient (Wildman–Crippen LogP) is 2.67.